The van der Waals surface area contributed by atoms with Gasteiger partial charge in [-0.25, -0.2) is 9.07 Å². The van der Waals surface area contributed by atoms with Crippen LogP contribution < -0.4 is 0 Å². The Labute approximate surface area is 432 Å². The van der Waals surface area contributed by atoms with Gasteiger partial charge in [0.15, 0.2) is 12.6 Å². The van der Waals surface area contributed by atoms with Crippen molar-refractivity contribution in [1.82, 2.24) is 24.8 Å². The molecule has 5 rings (SSSR count). The summed E-state index contributed by atoms with van der Waals surface area (Å²) in [5, 5.41) is 67.8. The number of halogens is 5. The molecule has 1 aromatic carbocycles. The number of likely N-dealkylation sites (N-methyl/N-ethyl adjacent to an activating group) is 2. The fourth-order valence-electron chi connectivity index (χ4n) is 11.1. The fraction of sp³-hybridized carbons (Fsp3) is 0.824. The Morgan fingerprint density at radius 1 is 1.01 bits per heavy atom. The summed E-state index contributed by atoms with van der Waals surface area (Å²) in [4.78, 5) is 18.3. The van der Waals surface area contributed by atoms with Crippen molar-refractivity contribution >= 4 is 17.6 Å². The van der Waals surface area contributed by atoms with Gasteiger partial charge in [-0.15, -0.1) is 5.10 Å². The van der Waals surface area contributed by atoms with Crippen molar-refractivity contribution in [2.75, 3.05) is 41.0 Å². The van der Waals surface area contributed by atoms with Crippen molar-refractivity contribution < 1.29 is 76.3 Å². The number of carbonyl (C=O) groups is 1. The first-order chi connectivity index (χ1) is 33.9. The van der Waals surface area contributed by atoms with Crippen molar-refractivity contribution in [3.05, 3.63) is 46.2 Å². The number of rotatable bonds is 14. The van der Waals surface area contributed by atoms with Crippen LogP contribution in [0.15, 0.2) is 24.4 Å². The lowest BCUT2D eigenvalue weighted by atomic mass is 9.77. The molecule has 0 spiro atoms. The van der Waals surface area contributed by atoms with E-state index in [4.69, 9.17) is 40.0 Å². The molecule has 2 aromatic rings. The van der Waals surface area contributed by atoms with Crippen molar-refractivity contribution in [1.29, 1.82) is 0 Å². The number of ether oxygens (including phenoxy) is 6. The number of methoxy groups -OCH3 is 1. The van der Waals surface area contributed by atoms with E-state index in [0.29, 0.717) is 37.2 Å². The highest BCUT2D eigenvalue weighted by Crippen LogP contribution is 2.41. The van der Waals surface area contributed by atoms with Crippen LogP contribution in [0.5, 0.6) is 0 Å². The van der Waals surface area contributed by atoms with Crippen LogP contribution >= 0.6 is 11.6 Å². The largest absolute Gasteiger partial charge is 0.459 e. The summed E-state index contributed by atoms with van der Waals surface area (Å²) < 4.78 is 93.5. The molecule has 418 valence electrons. The maximum atomic E-state index is 14.5. The molecule has 0 aliphatic carbocycles. The standard InChI is InChI=1S/C51H82ClF4N5O12/c1-14-39-50(10,67)43(63)31(6)60(12)25-27(2)22-48(8,66)45(29(4)42(30(5)46(65)71-39)72-40-23-49(9,68-13)44(64)32(7)70-40)73-47-41(62)38(19-28(3)69-47)59(11)18-17-35-26-61(58-57-35)36(24-53)20-33-15-16-34(21-37(33)52)51(54,55)56/h15-16,21,26-32,36,38-45,47,62-64,66-67H,14,17-20,22-25H2,1-13H3/t27-,28-,29+,30-,31-,32+,36+,38+,39-,40+,41-,42+,43-,44+,45-,47+,48-,49-,50-/m1/s1. The van der Waals surface area contributed by atoms with Gasteiger partial charge in [0.05, 0.1) is 58.8 Å². The minimum absolute atomic E-state index is 0.0289. The number of hydrogen-bond donors (Lipinski definition) is 5. The van der Waals surface area contributed by atoms with E-state index in [2.05, 4.69) is 10.3 Å². The molecule has 0 amide bonds. The lowest BCUT2D eigenvalue weighted by Gasteiger charge is -2.49. The van der Waals surface area contributed by atoms with E-state index >= 15 is 0 Å². The average molecular weight is 1070 g/mol. The number of cyclic esters (lactones) is 1. The normalized spacial score (nSPS) is 39.5. The summed E-state index contributed by atoms with van der Waals surface area (Å²) in [6, 6.07) is 0.885. The highest BCUT2D eigenvalue weighted by atomic mass is 35.5. The summed E-state index contributed by atoms with van der Waals surface area (Å²) in [6.45, 7) is 17.0. The van der Waals surface area contributed by atoms with Crippen LogP contribution in [0.4, 0.5) is 17.6 Å². The van der Waals surface area contributed by atoms with Crippen molar-refractivity contribution in [2.45, 2.75) is 210 Å². The van der Waals surface area contributed by atoms with Crippen molar-refractivity contribution in [3.8, 4) is 0 Å². The van der Waals surface area contributed by atoms with Crippen LogP contribution in [-0.2, 0) is 52.2 Å². The smallest absolute Gasteiger partial charge is 0.416 e. The van der Waals surface area contributed by atoms with Crippen LogP contribution in [0.2, 0.25) is 5.02 Å². The molecule has 3 fully saturated rings. The first-order valence-electron chi connectivity index (χ1n) is 25.5. The minimum atomic E-state index is -4.58. The van der Waals surface area contributed by atoms with Crippen molar-refractivity contribution in [2.24, 2.45) is 17.8 Å². The summed E-state index contributed by atoms with van der Waals surface area (Å²) in [7, 11) is 5.09. The SMILES string of the molecule is CC[C@H]1OC(=O)[C@H](C)[C@@H](O[C@H]2C[C@@](C)(OC)[C@@H](O)[C@H](C)O2)[C@H](C)[C@@H](O[C@@H]2O[C@H](C)C[C@H](N(C)CCc3cn([C@H](CF)Cc4ccc(C(F)(F)F)cc4Cl)nn3)[C@H]2O)[C@](C)(O)C[C@@H](C)CN(C)[C@H](C)[C@@H](O)[C@]1(C)O. The van der Waals surface area contributed by atoms with Crippen LogP contribution in [0.25, 0.3) is 0 Å². The third-order valence-electron chi connectivity index (χ3n) is 15.8. The van der Waals surface area contributed by atoms with Gasteiger partial charge in [0.2, 0.25) is 0 Å². The molecular weight excluding hydrogens is 986 g/mol. The Balaban J connectivity index is 1.43. The Morgan fingerprint density at radius 2 is 1.68 bits per heavy atom. The lowest BCUT2D eigenvalue weighted by molar-refractivity contribution is -0.318. The molecule has 1 aromatic heterocycles. The van der Waals surface area contributed by atoms with Gasteiger partial charge in [-0.2, -0.15) is 13.2 Å². The van der Waals surface area contributed by atoms with Gasteiger partial charge in [-0.05, 0) is 112 Å². The van der Waals surface area contributed by atoms with Gasteiger partial charge in [0.25, 0.3) is 0 Å². The molecule has 4 heterocycles. The number of aromatic nitrogens is 3. The number of alkyl halides is 4. The van der Waals surface area contributed by atoms with E-state index in [1.165, 1.54) is 24.8 Å². The Hall–Kier alpha value is -2.64. The predicted molar refractivity (Wildman–Crippen MR) is 262 cm³/mol. The predicted octanol–water partition coefficient (Wildman–Crippen LogP) is 5.53. The van der Waals surface area contributed by atoms with Crippen LogP contribution in [0.1, 0.15) is 118 Å². The zero-order valence-corrected chi connectivity index (χ0v) is 45.4. The highest BCUT2D eigenvalue weighted by Gasteiger charge is 2.53. The Morgan fingerprint density at radius 3 is 2.29 bits per heavy atom. The van der Waals surface area contributed by atoms with E-state index in [1.54, 1.807) is 61.7 Å². The second-order valence-corrected chi connectivity index (χ2v) is 22.3. The van der Waals surface area contributed by atoms with E-state index in [-0.39, 0.29) is 36.6 Å². The molecule has 73 heavy (non-hydrogen) atoms. The van der Waals surface area contributed by atoms with Gasteiger partial charge < -0.3 is 63.8 Å². The third-order valence-corrected chi connectivity index (χ3v) is 16.1. The number of aliphatic hydroxyl groups excluding tert-OH is 3. The topological polar surface area (TPSA) is 211 Å². The van der Waals surface area contributed by atoms with Gasteiger partial charge >= 0.3 is 12.1 Å². The Bertz CT molecular complexity index is 2090. The lowest BCUT2D eigenvalue weighted by Crippen LogP contribution is -2.61. The molecule has 0 radical (unpaired) electrons. The summed E-state index contributed by atoms with van der Waals surface area (Å²) >= 11 is 6.18. The zero-order chi connectivity index (χ0) is 54.7. The first kappa shape index (κ1) is 61.2. The fourth-order valence-corrected chi connectivity index (χ4v) is 11.3. The highest BCUT2D eigenvalue weighted by molar-refractivity contribution is 6.31. The second-order valence-electron chi connectivity index (χ2n) is 21.9. The number of aliphatic hydroxyl groups is 5. The number of benzene rings is 1. The van der Waals surface area contributed by atoms with Gasteiger partial charge in [0.1, 0.15) is 36.7 Å². The van der Waals surface area contributed by atoms with Gasteiger partial charge in [0, 0.05) is 62.3 Å². The molecule has 0 unspecified atom stereocenters. The number of carbonyl (C=O) groups excluding carboxylic acids is 1. The van der Waals surface area contributed by atoms with Crippen LogP contribution in [-0.4, -0.2) is 188 Å². The van der Waals surface area contributed by atoms with Gasteiger partial charge in [-0.3, -0.25) is 4.79 Å². The summed E-state index contributed by atoms with van der Waals surface area (Å²) in [6.07, 6.45) is -12.7. The van der Waals surface area contributed by atoms with E-state index in [0.717, 1.165) is 12.1 Å². The average Bonchev–Trinajstić information content (AvgIpc) is 3.79. The molecule has 22 heteroatoms. The molecule has 0 saturated carbocycles. The summed E-state index contributed by atoms with van der Waals surface area (Å²) in [5.41, 5.74) is -4.76. The third kappa shape index (κ3) is 14.5. The Kier molecular flexibility index (Phi) is 20.8. The molecule has 17 nitrogen and oxygen atoms in total. The van der Waals surface area contributed by atoms with E-state index in [9.17, 15) is 47.9 Å². The van der Waals surface area contributed by atoms with E-state index in [1.807, 2.05) is 30.7 Å². The second kappa shape index (κ2) is 24.8. The van der Waals surface area contributed by atoms with Crippen LogP contribution in [0.3, 0.4) is 0 Å². The molecule has 19 atom stereocenters. The zero-order valence-electron chi connectivity index (χ0n) is 44.6. The minimum Gasteiger partial charge on any atom is -0.459 e. The molecule has 0 bridgehead atoms. The maximum Gasteiger partial charge on any atom is 0.416 e. The number of nitrogens with zero attached hydrogens (tertiary/aromatic N) is 5. The number of hydrogen-bond acceptors (Lipinski definition) is 16. The van der Waals surface area contributed by atoms with Crippen LogP contribution in [0, 0.1) is 17.8 Å². The molecule has 3 saturated heterocycles. The van der Waals surface area contributed by atoms with Gasteiger partial charge in [-0.1, -0.05) is 43.7 Å². The maximum absolute atomic E-state index is 14.5. The number of esters is 1. The molecule has 3 aliphatic heterocycles. The van der Waals surface area contributed by atoms with Crippen molar-refractivity contribution in [3.63, 3.8) is 0 Å². The first-order valence-corrected chi connectivity index (χ1v) is 25.9. The molecule has 5 N–H and O–H groups in total. The monoisotopic (exact) mass is 1070 g/mol. The molecular formula is C51H82ClF4N5O12. The molecule has 3 aliphatic rings. The summed E-state index contributed by atoms with van der Waals surface area (Å²) in [5.74, 6) is -3.00. The van der Waals surface area contributed by atoms with E-state index < -0.39 is 133 Å². The quantitative estimate of drug-likeness (QED) is 0.116.